The summed E-state index contributed by atoms with van der Waals surface area (Å²) >= 11 is 3.06. The maximum absolute atomic E-state index is 13.4. The van der Waals surface area contributed by atoms with Crippen LogP contribution in [0.1, 0.15) is 15.9 Å². The summed E-state index contributed by atoms with van der Waals surface area (Å²) in [6.45, 7) is 0.250. The fourth-order valence-electron chi connectivity index (χ4n) is 1.86. The molecule has 1 amide bonds. The Morgan fingerprint density at radius 1 is 1.20 bits per heavy atom. The molecule has 0 atom stereocenters. The summed E-state index contributed by atoms with van der Waals surface area (Å²) in [5.41, 5.74) is 0.914. The van der Waals surface area contributed by atoms with Crippen molar-refractivity contribution < 1.29 is 13.6 Å². The van der Waals surface area contributed by atoms with Gasteiger partial charge in [-0.2, -0.15) is 0 Å². The van der Waals surface area contributed by atoms with Gasteiger partial charge in [-0.05, 0) is 45.8 Å². The first-order valence-electron chi connectivity index (χ1n) is 5.93. The third kappa shape index (κ3) is 3.22. The number of amides is 1. The monoisotopic (exact) mass is 339 g/mol. The molecule has 0 aliphatic rings. The van der Waals surface area contributed by atoms with Gasteiger partial charge < -0.3 is 4.90 Å². The molecule has 0 saturated heterocycles. The van der Waals surface area contributed by atoms with Crippen molar-refractivity contribution in [1.82, 2.24) is 4.90 Å². The molecule has 0 saturated carbocycles. The second-order valence-electron chi connectivity index (χ2n) is 4.39. The number of hydrogen-bond acceptors (Lipinski definition) is 1. The normalized spacial score (nSPS) is 10.4. The fourth-order valence-corrected chi connectivity index (χ4v) is 2.29. The Hall–Kier alpha value is -1.75. The van der Waals surface area contributed by atoms with Crippen molar-refractivity contribution >= 4 is 21.8 Å². The van der Waals surface area contributed by atoms with Gasteiger partial charge in [-0.25, -0.2) is 8.78 Å². The van der Waals surface area contributed by atoms with Crippen molar-refractivity contribution in [2.75, 3.05) is 7.05 Å². The first kappa shape index (κ1) is 14.7. The third-order valence-corrected chi connectivity index (χ3v) is 3.64. The van der Waals surface area contributed by atoms with Gasteiger partial charge in [0.2, 0.25) is 0 Å². The van der Waals surface area contributed by atoms with Crippen LogP contribution < -0.4 is 0 Å². The number of carbonyl (C=O) groups is 1. The number of rotatable bonds is 3. The van der Waals surface area contributed by atoms with Crippen LogP contribution >= 0.6 is 15.9 Å². The Bertz CT molecular complexity index is 646. The summed E-state index contributed by atoms with van der Waals surface area (Å²) in [6.07, 6.45) is 0. The van der Waals surface area contributed by atoms with Crippen LogP contribution in [-0.4, -0.2) is 17.9 Å². The van der Waals surface area contributed by atoms with E-state index in [9.17, 15) is 13.6 Å². The van der Waals surface area contributed by atoms with Crippen molar-refractivity contribution in [3.05, 3.63) is 69.7 Å². The Kier molecular flexibility index (Phi) is 4.49. The topological polar surface area (TPSA) is 20.3 Å². The second kappa shape index (κ2) is 6.13. The zero-order valence-electron chi connectivity index (χ0n) is 10.7. The lowest BCUT2D eigenvalue weighted by molar-refractivity contribution is 0.0783. The van der Waals surface area contributed by atoms with E-state index < -0.39 is 5.82 Å². The maximum atomic E-state index is 13.4. The zero-order valence-corrected chi connectivity index (χ0v) is 12.3. The molecule has 5 heteroatoms. The summed E-state index contributed by atoms with van der Waals surface area (Å²) in [5.74, 6) is -1.18. The van der Waals surface area contributed by atoms with Crippen LogP contribution in [0.2, 0.25) is 0 Å². The molecular formula is C15H12BrF2NO. The highest BCUT2D eigenvalue weighted by Gasteiger charge is 2.17. The molecule has 2 rings (SSSR count). The Labute approximate surface area is 124 Å². The van der Waals surface area contributed by atoms with Crippen LogP contribution in [0.25, 0.3) is 0 Å². The quantitative estimate of drug-likeness (QED) is 0.827. The first-order valence-corrected chi connectivity index (χ1v) is 6.72. The van der Waals surface area contributed by atoms with Crippen molar-refractivity contribution in [1.29, 1.82) is 0 Å². The predicted octanol–water partition coefficient (Wildman–Crippen LogP) is 4.00. The average Bonchev–Trinajstić information content (AvgIpc) is 2.41. The molecule has 104 valence electrons. The fraction of sp³-hybridized carbons (Fsp3) is 0.133. The molecule has 2 aromatic carbocycles. The summed E-state index contributed by atoms with van der Waals surface area (Å²) in [5, 5.41) is 0. The maximum Gasteiger partial charge on any atom is 0.255 e. The molecule has 2 aromatic rings. The number of carbonyl (C=O) groups excluding carboxylic acids is 1. The van der Waals surface area contributed by atoms with Crippen LogP contribution in [0, 0.1) is 11.6 Å². The number of halogens is 3. The first-order chi connectivity index (χ1) is 9.49. The minimum Gasteiger partial charge on any atom is -0.337 e. The molecule has 0 bridgehead atoms. The van der Waals surface area contributed by atoms with E-state index in [0.717, 1.165) is 0 Å². The summed E-state index contributed by atoms with van der Waals surface area (Å²) in [6, 6.07) is 10.3. The van der Waals surface area contributed by atoms with Gasteiger partial charge in [0.25, 0.3) is 5.91 Å². The van der Waals surface area contributed by atoms with Crippen molar-refractivity contribution in [2.24, 2.45) is 0 Å². The lowest BCUT2D eigenvalue weighted by Crippen LogP contribution is -2.26. The lowest BCUT2D eigenvalue weighted by Gasteiger charge is -2.18. The molecule has 0 radical (unpaired) electrons. The van der Waals surface area contributed by atoms with Gasteiger partial charge in [0.15, 0.2) is 0 Å². The van der Waals surface area contributed by atoms with Crippen molar-refractivity contribution in [3.8, 4) is 0 Å². The van der Waals surface area contributed by atoms with Gasteiger partial charge in [0, 0.05) is 13.6 Å². The molecule has 0 aliphatic heterocycles. The molecule has 0 fully saturated rings. The van der Waals surface area contributed by atoms with Crippen LogP contribution in [0.3, 0.4) is 0 Å². The highest BCUT2D eigenvalue weighted by atomic mass is 79.9. The van der Waals surface area contributed by atoms with Crippen LogP contribution in [0.4, 0.5) is 8.78 Å². The Balaban J connectivity index is 2.19. The molecule has 0 heterocycles. The van der Waals surface area contributed by atoms with Crippen LogP contribution in [0.5, 0.6) is 0 Å². The van der Waals surface area contributed by atoms with E-state index in [-0.39, 0.29) is 28.3 Å². The molecule has 0 N–H and O–H groups in total. The number of benzene rings is 2. The van der Waals surface area contributed by atoms with Crippen LogP contribution in [-0.2, 0) is 6.54 Å². The Morgan fingerprint density at radius 2 is 1.90 bits per heavy atom. The van der Waals surface area contributed by atoms with Gasteiger partial charge in [0.05, 0.1) is 10.0 Å². The minimum absolute atomic E-state index is 0.135. The zero-order chi connectivity index (χ0) is 14.7. The van der Waals surface area contributed by atoms with E-state index in [1.54, 1.807) is 19.2 Å². The van der Waals surface area contributed by atoms with Gasteiger partial charge in [-0.3, -0.25) is 4.79 Å². The highest BCUT2D eigenvalue weighted by Crippen LogP contribution is 2.22. The molecular weight excluding hydrogens is 328 g/mol. The highest BCUT2D eigenvalue weighted by molar-refractivity contribution is 9.10. The van der Waals surface area contributed by atoms with Gasteiger partial charge in [-0.15, -0.1) is 0 Å². The predicted molar refractivity (Wildman–Crippen MR) is 76.3 cm³/mol. The smallest absolute Gasteiger partial charge is 0.255 e. The summed E-state index contributed by atoms with van der Waals surface area (Å²) in [7, 11) is 1.59. The van der Waals surface area contributed by atoms with Crippen LogP contribution in [0.15, 0.2) is 46.9 Å². The molecule has 2 nitrogen and oxygen atoms in total. The second-order valence-corrected chi connectivity index (χ2v) is 5.19. The van der Waals surface area contributed by atoms with E-state index >= 15 is 0 Å². The van der Waals surface area contributed by atoms with E-state index in [4.69, 9.17) is 0 Å². The molecule has 20 heavy (non-hydrogen) atoms. The molecule has 0 spiro atoms. The van der Waals surface area contributed by atoms with E-state index in [0.29, 0.717) is 5.56 Å². The molecule has 0 aromatic heterocycles. The minimum atomic E-state index is -0.491. The van der Waals surface area contributed by atoms with Gasteiger partial charge in [0.1, 0.15) is 11.6 Å². The SMILES string of the molecule is CN(Cc1cccc(F)c1)C(=O)c1cccc(F)c1Br. The lowest BCUT2D eigenvalue weighted by atomic mass is 10.1. The Morgan fingerprint density at radius 3 is 2.60 bits per heavy atom. The van der Waals surface area contributed by atoms with Gasteiger partial charge >= 0.3 is 0 Å². The number of hydrogen-bond donors (Lipinski definition) is 0. The standard InChI is InChI=1S/C15H12BrF2NO/c1-19(9-10-4-2-5-11(17)8-10)15(20)12-6-3-7-13(18)14(12)16/h2-8H,9H2,1H3. The van der Waals surface area contributed by atoms with E-state index in [1.807, 2.05) is 0 Å². The largest absolute Gasteiger partial charge is 0.337 e. The average molecular weight is 340 g/mol. The van der Waals surface area contributed by atoms with Gasteiger partial charge in [-0.1, -0.05) is 18.2 Å². The third-order valence-electron chi connectivity index (χ3n) is 2.84. The van der Waals surface area contributed by atoms with E-state index in [2.05, 4.69) is 15.9 Å². The van der Waals surface area contributed by atoms with Crippen molar-refractivity contribution in [3.63, 3.8) is 0 Å². The molecule has 0 unspecified atom stereocenters. The van der Waals surface area contributed by atoms with Crippen molar-refractivity contribution in [2.45, 2.75) is 6.54 Å². The number of nitrogens with zero attached hydrogens (tertiary/aromatic N) is 1. The molecule has 0 aliphatic carbocycles. The van der Waals surface area contributed by atoms with E-state index in [1.165, 1.54) is 35.2 Å². The summed E-state index contributed by atoms with van der Waals surface area (Å²) < 4.78 is 26.6. The summed E-state index contributed by atoms with van der Waals surface area (Å²) in [4.78, 5) is 13.7.